The molecule has 1 unspecified atom stereocenters. The van der Waals surface area contributed by atoms with E-state index in [0.717, 1.165) is 0 Å². The minimum absolute atomic E-state index is 0.0105. The smallest absolute Gasteiger partial charge is 0.139 e. The van der Waals surface area contributed by atoms with Gasteiger partial charge in [-0.1, -0.05) is 6.07 Å². The molecule has 0 radical (unpaired) electrons. The fourth-order valence-corrected chi connectivity index (χ4v) is 3.18. The van der Waals surface area contributed by atoms with Gasteiger partial charge >= 0.3 is 0 Å². The van der Waals surface area contributed by atoms with Gasteiger partial charge in [0, 0.05) is 19.8 Å². The zero-order valence-electron chi connectivity index (χ0n) is 10.2. The summed E-state index contributed by atoms with van der Waals surface area (Å²) in [7, 11) is 0.995. The van der Waals surface area contributed by atoms with Crippen LogP contribution in [0.1, 0.15) is 13.8 Å². The van der Waals surface area contributed by atoms with Gasteiger partial charge in [0.15, 0.2) is 0 Å². The average Bonchev–Trinajstić information content (AvgIpc) is 2.16. The summed E-state index contributed by atoms with van der Waals surface area (Å²) in [6.07, 6.45) is 0. The second kappa shape index (κ2) is 4.84. The third-order valence-electron chi connectivity index (χ3n) is 2.01. The van der Waals surface area contributed by atoms with Crippen molar-refractivity contribution in [3.05, 3.63) is 24.3 Å². The van der Waals surface area contributed by atoms with Crippen LogP contribution in [0, 0.1) is 0 Å². The Morgan fingerprint density at radius 1 is 1.38 bits per heavy atom. The fraction of sp³-hybridized carbons (Fsp3) is 0.455. The highest BCUT2D eigenvalue weighted by Crippen LogP contribution is 2.19. The lowest BCUT2D eigenvalue weighted by atomic mass is 10.3. The Bertz CT molecular complexity index is 474. The third kappa shape index (κ3) is 2.74. The lowest BCUT2D eigenvalue weighted by molar-refractivity contribution is 0.585. The summed E-state index contributed by atoms with van der Waals surface area (Å²) >= 11 is 0. The van der Waals surface area contributed by atoms with Gasteiger partial charge in [0.1, 0.15) is 9.92 Å². The molecule has 1 aromatic carbocycles. The van der Waals surface area contributed by atoms with Gasteiger partial charge in [0.25, 0.3) is 0 Å². The van der Waals surface area contributed by atoms with Crippen LogP contribution in [-0.4, -0.2) is 28.7 Å². The molecule has 0 aromatic heterocycles. The van der Waals surface area contributed by atoms with Crippen LogP contribution in [0.5, 0.6) is 0 Å². The van der Waals surface area contributed by atoms with E-state index in [9.17, 15) is 4.21 Å². The summed E-state index contributed by atoms with van der Waals surface area (Å²) < 4.78 is 18.7. The number of benzene rings is 1. The molecule has 4 nitrogen and oxygen atoms in total. The van der Waals surface area contributed by atoms with Gasteiger partial charge in [0.2, 0.25) is 0 Å². The van der Waals surface area contributed by atoms with Gasteiger partial charge in [-0.2, -0.15) is 0 Å². The van der Waals surface area contributed by atoms with Crippen LogP contribution in [0.2, 0.25) is 0 Å². The fourth-order valence-electron chi connectivity index (χ4n) is 1.33. The first-order chi connectivity index (χ1) is 7.36. The summed E-state index contributed by atoms with van der Waals surface area (Å²) in [6, 6.07) is 7.09. The molecule has 90 valence electrons. The average molecular weight is 241 g/mol. The van der Waals surface area contributed by atoms with Crippen molar-refractivity contribution in [2.45, 2.75) is 24.8 Å². The molecular weight excluding hydrogens is 222 g/mol. The second-order valence-corrected chi connectivity index (χ2v) is 6.49. The summed E-state index contributed by atoms with van der Waals surface area (Å²) in [4.78, 5) is 0.659. The molecule has 0 amide bonds. The van der Waals surface area contributed by atoms with Crippen molar-refractivity contribution in [2.75, 3.05) is 19.8 Å². The normalized spacial score (nSPS) is 15.1. The number of anilines is 1. The number of nitrogens with two attached hydrogens (primary N) is 1. The number of rotatable bonds is 3. The summed E-state index contributed by atoms with van der Waals surface area (Å²) in [5.41, 5.74) is 6.30. The zero-order valence-corrected chi connectivity index (χ0v) is 11.0. The van der Waals surface area contributed by atoms with Crippen LogP contribution < -0.4 is 5.73 Å². The molecule has 0 aliphatic rings. The van der Waals surface area contributed by atoms with E-state index in [1.165, 1.54) is 0 Å². The zero-order chi connectivity index (χ0) is 12.3. The molecule has 1 atom stereocenters. The highest BCUT2D eigenvalue weighted by atomic mass is 32.2. The van der Waals surface area contributed by atoms with Crippen LogP contribution in [0.4, 0.5) is 5.69 Å². The van der Waals surface area contributed by atoms with Crippen LogP contribution in [0.25, 0.3) is 0 Å². The molecular formula is C11H19N3OS. The van der Waals surface area contributed by atoms with Crippen molar-refractivity contribution in [1.29, 1.82) is 0 Å². The van der Waals surface area contributed by atoms with E-state index in [2.05, 4.69) is 4.36 Å². The highest BCUT2D eigenvalue weighted by Gasteiger charge is 2.16. The number of nitrogens with zero attached hydrogens (tertiary/aromatic N) is 2. The Morgan fingerprint density at radius 3 is 2.44 bits per heavy atom. The molecule has 0 bridgehead atoms. The maximum absolute atomic E-state index is 12.8. The first-order valence-electron chi connectivity index (χ1n) is 5.15. The molecule has 0 fully saturated rings. The van der Waals surface area contributed by atoms with E-state index in [1.54, 1.807) is 42.7 Å². The van der Waals surface area contributed by atoms with Gasteiger partial charge in [0.05, 0.1) is 10.9 Å². The molecule has 5 heteroatoms. The number of hydrogen-bond acceptors (Lipinski definition) is 3. The monoisotopic (exact) mass is 241 g/mol. The molecule has 0 aliphatic heterocycles. The van der Waals surface area contributed by atoms with Crippen LogP contribution in [0.15, 0.2) is 33.5 Å². The van der Waals surface area contributed by atoms with Gasteiger partial charge in [-0.05, 0) is 32.0 Å². The van der Waals surface area contributed by atoms with Crippen molar-refractivity contribution in [2.24, 2.45) is 4.36 Å². The lowest BCUT2D eigenvalue weighted by Gasteiger charge is -2.18. The van der Waals surface area contributed by atoms with Gasteiger partial charge in [-0.15, -0.1) is 0 Å². The molecule has 0 aliphatic carbocycles. The molecule has 2 N–H and O–H groups in total. The van der Waals surface area contributed by atoms with Gasteiger partial charge < -0.3 is 5.73 Å². The van der Waals surface area contributed by atoms with Crippen LogP contribution in [-0.2, 0) is 9.92 Å². The maximum atomic E-state index is 12.8. The molecule has 16 heavy (non-hydrogen) atoms. The Hall–Kier alpha value is -1.07. The maximum Gasteiger partial charge on any atom is 0.139 e. The van der Waals surface area contributed by atoms with Crippen LogP contribution in [0.3, 0.4) is 0 Å². The van der Waals surface area contributed by atoms with Crippen molar-refractivity contribution in [1.82, 2.24) is 4.31 Å². The second-order valence-electron chi connectivity index (χ2n) is 4.08. The molecule has 0 saturated heterocycles. The van der Waals surface area contributed by atoms with Crippen molar-refractivity contribution >= 4 is 15.6 Å². The number of hydrogen-bond donors (Lipinski definition) is 1. The Labute approximate surface area is 97.8 Å². The molecule has 1 rings (SSSR count). The molecule has 0 spiro atoms. The van der Waals surface area contributed by atoms with Crippen molar-refractivity contribution < 1.29 is 4.21 Å². The standard InChI is InChI=1S/C11H19N3OS/c1-9(2)13-16(15,14(3)4)11-7-5-6-10(12)8-11/h5-9H,12H2,1-4H3. The topological polar surface area (TPSA) is 58.7 Å². The highest BCUT2D eigenvalue weighted by molar-refractivity contribution is 7.91. The Morgan fingerprint density at radius 2 is 2.00 bits per heavy atom. The Balaban J connectivity index is 3.40. The summed E-state index contributed by atoms with van der Waals surface area (Å²) in [5, 5.41) is 0. The molecule has 0 saturated carbocycles. The SMILES string of the molecule is CC(C)N=S(=O)(c1cccc(N)c1)N(C)C. The van der Waals surface area contributed by atoms with E-state index < -0.39 is 9.92 Å². The lowest BCUT2D eigenvalue weighted by Crippen LogP contribution is -2.23. The van der Waals surface area contributed by atoms with E-state index in [0.29, 0.717) is 10.6 Å². The van der Waals surface area contributed by atoms with E-state index in [-0.39, 0.29) is 6.04 Å². The Kier molecular flexibility index (Phi) is 3.93. The molecule has 0 heterocycles. The predicted molar refractivity (Wildman–Crippen MR) is 68.5 cm³/mol. The van der Waals surface area contributed by atoms with Gasteiger partial charge in [-0.25, -0.2) is 12.9 Å². The minimum Gasteiger partial charge on any atom is -0.399 e. The van der Waals surface area contributed by atoms with E-state index >= 15 is 0 Å². The first kappa shape index (κ1) is 13.0. The predicted octanol–water partition coefficient (Wildman–Crippen LogP) is 1.98. The van der Waals surface area contributed by atoms with Gasteiger partial charge in [-0.3, -0.25) is 0 Å². The quantitative estimate of drug-likeness (QED) is 0.823. The summed E-state index contributed by atoms with van der Waals surface area (Å²) in [6.45, 7) is 3.82. The first-order valence-corrected chi connectivity index (χ1v) is 6.63. The summed E-state index contributed by atoms with van der Waals surface area (Å²) in [5.74, 6) is 0. The van der Waals surface area contributed by atoms with Crippen molar-refractivity contribution in [3.8, 4) is 0 Å². The largest absolute Gasteiger partial charge is 0.399 e. The van der Waals surface area contributed by atoms with E-state index in [1.807, 2.05) is 13.8 Å². The minimum atomic E-state index is -2.53. The van der Waals surface area contributed by atoms with E-state index in [4.69, 9.17) is 5.73 Å². The molecule has 1 aromatic rings. The third-order valence-corrected chi connectivity index (χ3v) is 4.58. The van der Waals surface area contributed by atoms with Crippen LogP contribution >= 0.6 is 0 Å². The van der Waals surface area contributed by atoms with Crippen molar-refractivity contribution in [3.63, 3.8) is 0 Å². The number of nitrogen functional groups attached to an aromatic ring is 1.